The summed E-state index contributed by atoms with van der Waals surface area (Å²) in [6, 6.07) is 11.4. The van der Waals surface area contributed by atoms with E-state index in [1.807, 2.05) is 13.0 Å². The summed E-state index contributed by atoms with van der Waals surface area (Å²) in [4.78, 5) is 0.126. The average Bonchev–Trinajstić information content (AvgIpc) is 2.43. The Balaban J connectivity index is 2.32. The molecule has 0 aliphatic heterocycles. The zero-order valence-electron chi connectivity index (χ0n) is 10.8. The number of hydrogen-bond donors (Lipinski definition) is 2. The first kappa shape index (κ1) is 15.0. The second-order valence-electron chi connectivity index (χ2n) is 4.37. The molecular weight excluding hydrogens is 342 g/mol. The van der Waals surface area contributed by atoms with Crippen LogP contribution in [0.1, 0.15) is 11.1 Å². The smallest absolute Gasteiger partial charge is 0.261 e. The second-order valence-corrected chi connectivity index (χ2v) is 6.91. The Morgan fingerprint density at radius 2 is 1.95 bits per heavy atom. The van der Waals surface area contributed by atoms with E-state index in [9.17, 15) is 8.42 Å². The number of halogens is 1. The minimum atomic E-state index is -3.66. The molecule has 0 atom stereocenters. The highest BCUT2D eigenvalue weighted by Gasteiger charge is 2.14. The van der Waals surface area contributed by atoms with Gasteiger partial charge in [0.1, 0.15) is 0 Å². The number of anilines is 1. The van der Waals surface area contributed by atoms with Gasteiger partial charge in [-0.2, -0.15) is 0 Å². The summed E-state index contributed by atoms with van der Waals surface area (Å²) < 4.78 is 27.9. The highest BCUT2D eigenvalue weighted by molar-refractivity contribution is 9.10. The van der Waals surface area contributed by atoms with Crippen LogP contribution in [0.25, 0.3) is 0 Å². The highest BCUT2D eigenvalue weighted by Crippen LogP contribution is 2.23. The fourth-order valence-corrected chi connectivity index (χ4v) is 3.18. The van der Waals surface area contributed by atoms with Crippen molar-refractivity contribution in [2.45, 2.75) is 18.4 Å². The van der Waals surface area contributed by atoms with Gasteiger partial charge in [-0.1, -0.05) is 34.1 Å². The predicted octanol–water partition coefficient (Wildman–Crippen LogP) is 3.05. The summed E-state index contributed by atoms with van der Waals surface area (Å²) in [5.74, 6) is 0. The van der Waals surface area contributed by atoms with Gasteiger partial charge in [-0.3, -0.25) is 4.72 Å². The lowest BCUT2D eigenvalue weighted by atomic mass is 10.2. The van der Waals surface area contributed by atoms with E-state index in [0.717, 1.165) is 10.0 Å². The molecule has 0 aromatic heterocycles. The molecule has 2 N–H and O–H groups in total. The maximum absolute atomic E-state index is 12.3. The summed E-state index contributed by atoms with van der Waals surface area (Å²) in [5.41, 5.74) is 2.06. The third kappa shape index (κ3) is 3.39. The first-order valence-electron chi connectivity index (χ1n) is 5.91. The molecule has 20 heavy (non-hydrogen) atoms. The largest absolute Gasteiger partial charge is 0.392 e. The first-order valence-corrected chi connectivity index (χ1v) is 8.19. The van der Waals surface area contributed by atoms with Crippen molar-refractivity contribution in [3.8, 4) is 0 Å². The van der Waals surface area contributed by atoms with Gasteiger partial charge < -0.3 is 5.11 Å². The van der Waals surface area contributed by atoms with Crippen molar-refractivity contribution in [1.29, 1.82) is 0 Å². The molecule has 106 valence electrons. The van der Waals surface area contributed by atoms with Crippen LogP contribution < -0.4 is 4.72 Å². The molecule has 2 rings (SSSR count). The van der Waals surface area contributed by atoms with E-state index >= 15 is 0 Å². The minimum Gasteiger partial charge on any atom is -0.392 e. The fourth-order valence-electron chi connectivity index (χ4n) is 1.68. The van der Waals surface area contributed by atoms with E-state index in [1.165, 1.54) is 12.1 Å². The third-order valence-electron chi connectivity index (χ3n) is 2.82. The summed E-state index contributed by atoms with van der Waals surface area (Å²) in [5, 5.41) is 9.06. The van der Waals surface area contributed by atoms with Crippen molar-refractivity contribution in [2.24, 2.45) is 0 Å². The standard InChI is InChI=1S/C14H14BrNO3S/c1-10-5-6-12(8-14(10)15)16-20(18,19)13-4-2-3-11(7-13)9-17/h2-8,16-17H,9H2,1H3. The Morgan fingerprint density at radius 1 is 1.20 bits per heavy atom. The normalized spacial score (nSPS) is 11.3. The molecule has 2 aromatic rings. The molecular formula is C14H14BrNO3S. The van der Waals surface area contributed by atoms with Gasteiger partial charge in [0.25, 0.3) is 10.0 Å². The number of benzene rings is 2. The van der Waals surface area contributed by atoms with Crippen molar-refractivity contribution >= 4 is 31.6 Å². The Kier molecular flexibility index (Phi) is 4.47. The Bertz CT molecular complexity index is 729. The van der Waals surface area contributed by atoms with Crippen LogP contribution in [0, 0.1) is 6.92 Å². The van der Waals surface area contributed by atoms with Crippen LogP contribution >= 0.6 is 15.9 Å². The first-order chi connectivity index (χ1) is 9.42. The Hall–Kier alpha value is -1.37. The lowest BCUT2D eigenvalue weighted by molar-refractivity contribution is 0.281. The maximum atomic E-state index is 12.3. The number of aliphatic hydroxyl groups is 1. The molecule has 0 fully saturated rings. The van der Waals surface area contributed by atoms with Crippen LogP contribution in [0.4, 0.5) is 5.69 Å². The molecule has 2 aromatic carbocycles. The van der Waals surface area contributed by atoms with Crippen LogP contribution in [0.15, 0.2) is 51.8 Å². The molecule has 0 bridgehead atoms. The number of aliphatic hydroxyl groups excluding tert-OH is 1. The predicted molar refractivity (Wildman–Crippen MR) is 82.1 cm³/mol. The Labute approximate surface area is 126 Å². The topological polar surface area (TPSA) is 66.4 Å². The van der Waals surface area contributed by atoms with Crippen LogP contribution in [0.3, 0.4) is 0 Å². The number of aryl methyl sites for hydroxylation is 1. The minimum absolute atomic E-state index is 0.126. The van der Waals surface area contributed by atoms with Crippen molar-refractivity contribution in [3.63, 3.8) is 0 Å². The SMILES string of the molecule is Cc1ccc(NS(=O)(=O)c2cccc(CO)c2)cc1Br. The van der Waals surface area contributed by atoms with Crippen LogP contribution in [-0.2, 0) is 16.6 Å². The van der Waals surface area contributed by atoms with Crippen molar-refractivity contribution in [2.75, 3.05) is 4.72 Å². The van der Waals surface area contributed by atoms with Gasteiger partial charge in [0.05, 0.1) is 11.5 Å². The number of sulfonamides is 1. The molecule has 0 radical (unpaired) electrons. The monoisotopic (exact) mass is 355 g/mol. The van der Waals surface area contributed by atoms with E-state index in [-0.39, 0.29) is 11.5 Å². The van der Waals surface area contributed by atoms with E-state index in [4.69, 9.17) is 5.11 Å². The van der Waals surface area contributed by atoms with E-state index < -0.39 is 10.0 Å². The van der Waals surface area contributed by atoms with Crippen LogP contribution in [0.5, 0.6) is 0 Å². The Morgan fingerprint density at radius 3 is 2.60 bits per heavy atom. The van der Waals surface area contributed by atoms with Gasteiger partial charge in [0, 0.05) is 10.2 Å². The molecule has 0 amide bonds. The molecule has 0 unspecified atom stereocenters. The van der Waals surface area contributed by atoms with Crippen molar-refractivity contribution in [3.05, 3.63) is 58.1 Å². The van der Waals surface area contributed by atoms with Gasteiger partial charge in [-0.15, -0.1) is 0 Å². The molecule has 6 heteroatoms. The molecule has 0 aliphatic carbocycles. The summed E-state index contributed by atoms with van der Waals surface area (Å²) in [6.45, 7) is 1.73. The third-order valence-corrected chi connectivity index (χ3v) is 5.05. The zero-order chi connectivity index (χ0) is 14.8. The summed E-state index contributed by atoms with van der Waals surface area (Å²) >= 11 is 3.36. The van der Waals surface area contributed by atoms with Crippen LogP contribution in [0.2, 0.25) is 0 Å². The maximum Gasteiger partial charge on any atom is 0.261 e. The molecule has 0 spiro atoms. The van der Waals surface area contributed by atoms with E-state index in [2.05, 4.69) is 20.7 Å². The molecule has 4 nitrogen and oxygen atoms in total. The second kappa shape index (κ2) is 5.95. The van der Waals surface area contributed by atoms with Gasteiger partial charge in [0.2, 0.25) is 0 Å². The molecule has 0 heterocycles. The van der Waals surface area contributed by atoms with E-state index in [0.29, 0.717) is 11.3 Å². The lowest BCUT2D eigenvalue weighted by Crippen LogP contribution is -2.13. The van der Waals surface area contributed by atoms with Crippen molar-refractivity contribution in [1.82, 2.24) is 0 Å². The summed E-state index contributed by atoms with van der Waals surface area (Å²) in [7, 11) is -3.66. The van der Waals surface area contributed by atoms with E-state index in [1.54, 1.807) is 24.3 Å². The summed E-state index contributed by atoms with van der Waals surface area (Å²) in [6.07, 6.45) is 0. The number of rotatable bonds is 4. The quantitative estimate of drug-likeness (QED) is 0.885. The number of nitrogens with one attached hydrogen (secondary N) is 1. The molecule has 0 aliphatic rings. The van der Waals surface area contributed by atoms with Gasteiger partial charge >= 0.3 is 0 Å². The molecule has 0 saturated heterocycles. The highest BCUT2D eigenvalue weighted by atomic mass is 79.9. The van der Waals surface area contributed by atoms with Crippen LogP contribution in [-0.4, -0.2) is 13.5 Å². The lowest BCUT2D eigenvalue weighted by Gasteiger charge is -2.10. The fraction of sp³-hybridized carbons (Fsp3) is 0.143. The van der Waals surface area contributed by atoms with Gasteiger partial charge in [-0.25, -0.2) is 8.42 Å². The van der Waals surface area contributed by atoms with Crippen molar-refractivity contribution < 1.29 is 13.5 Å². The zero-order valence-corrected chi connectivity index (χ0v) is 13.2. The van der Waals surface area contributed by atoms with Gasteiger partial charge in [0.15, 0.2) is 0 Å². The van der Waals surface area contributed by atoms with Gasteiger partial charge in [-0.05, 0) is 42.3 Å². The number of hydrogen-bond acceptors (Lipinski definition) is 3. The average molecular weight is 356 g/mol. The molecule has 0 saturated carbocycles.